The molecule has 0 aliphatic heterocycles. The second kappa shape index (κ2) is 4.07. The Bertz CT molecular complexity index is 610. The number of ketones is 1. The largest absolute Gasteiger partial charge is 0.294 e. The first kappa shape index (κ1) is 12.4. The zero-order chi connectivity index (χ0) is 13.9. The van der Waals surface area contributed by atoms with Gasteiger partial charge in [-0.15, -0.1) is 0 Å². The molecule has 0 N–H and O–H groups in total. The van der Waals surface area contributed by atoms with Crippen molar-refractivity contribution in [1.82, 2.24) is 0 Å². The minimum Gasteiger partial charge on any atom is -0.294 e. The van der Waals surface area contributed by atoms with Gasteiger partial charge in [0.05, 0.1) is 0 Å². The summed E-state index contributed by atoms with van der Waals surface area (Å²) in [6, 6.07) is 6.32. The van der Waals surface area contributed by atoms with E-state index in [0.29, 0.717) is 17.6 Å². The monoisotopic (exact) mass is 266 g/mol. The number of hydrogen-bond acceptors (Lipinski definition) is 1. The predicted molar refractivity (Wildman–Crippen MR) is 81.0 cm³/mol. The Morgan fingerprint density at radius 2 is 2.05 bits per heavy atom. The lowest BCUT2D eigenvalue weighted by Gasteiger charge is -2.40. The molecule has 1 aromatic carbocycles. The molecular formula is C19H22O. The van der Waals surface area contributed by atoms with Gasteiger partial charge < -0.3 is 0 Å². The highest BCUT2D eigenvalue weighted by Gasteiger charge is 2.51. The number of fused-ring (bicyclic) bond motifs is 4. The van der Waals surface area contributed by atoms with Crippen LogP contribution >= 0.6 is 0 Å². The molecule has 1 saturated carbocycles. The van der Waals surface area contributed by atoms with Gasteiger partial charge in [0.1, 0.15) is 0 Å². The van der Waals surface area contributed by atoms with E-state index in [1.165, 1.54) is 24.0 Å². The molecule has 1 nitrogen and oxygen atoms in total. The van der Waals surface area contributed by atoms with Crippen LogP contribution in [0.25, 0.3) is 0 Å². The summed E-state index contributed by atoms with van der Waals surface area (Å²) in [6.45, 7) is 4.48. The van der Waals surface area contributed by atoms with Gasteiger partial charge in [0, 0.05) is 12.0 Å². The number of carbonyl (C=O) groups excluding carboxylic acids is 1. The number of rotatable bonds is 1. The molecule has 0 saturated heterocycles. The highest BCUT2D eigenvalue weighted by Crippen LogP contribution is 2.58. The van der Waals surface area contributed by atoms with Crippen molar-refractivity contribution in [3.8, 4) is 0 Å². The van der Waals surface area contributed by atoms with Crippen molar-refractivity contribution in [2.45, 2.75) is 45.4 Å². The first-order valence-corrected chi connectivity index (χ1v) is 7.92. The van der Waals surface area contributed by atoms with Gasteiger partial charge >= 0.3 is 0 Å². The molecule has 3 aliphatic rings. The van der Waals surface area contributed by atoms with Crippen molar-refractivity contribution in [2.24, 2.45) is 17.3 Å². The van der Waals surface area contributed by atoms with E-state index in [1.54, 1.807) is 0 Å². The van der Waals surface area contributed by atoms with Gasteiger partial charge in [-0.2, -0.15) is 0 Å². The lowest BCUT2D eigenvalue weighted by Crippen LogP contribution is -2.36. The van der Waals surface area contributed by atoms with Crippen molar-refractivity contribution in [3.05, 3.63) is 47.0 Å². The van der Waals surface area contributed by atoms with Crippen LogP contribution in [0.5, 0.6) is 0 Å². The molecule has 1 fully saturated rings. The highest BCUT2D eigenvalue weighted by molar-refractivity contribution is 5.99. The van der Waals surface area contributed by atoms with E-state index in [1.807, 2.05) is 6.07 Å². The molecule has 0 heterocycles. The predicted octanol–water partition coefficient (Wildman–Crippen LogP) is 4.52. The van der Waals surface area contributed by atoms with Crippen LogP contribution in [0, 0.1) is 17.3 Å². The third-order valence-electron chi connectivity index (χ3n) is 5.80. The van der Waals surface area contributed by atoms with Crippen molar-refractivity contribution < 1.29 is 4.79 Å². The maximum Gasteiger partial charge on any atom is 0.163 e. The smallest absolute Gasteiger partial charge is 0.163 e. The van der Waals surface area contributed by atoms with Gasteiger partial charge in [-0.05, 0) is 53.6 Å². The van der Waals surface area contributed by atoms with Crippen molar-refractivity contribution in [1.29, 1.82) is 0 Å². The summed E-state index contributed by atoms with van der Waals surface area (Å²) in [6.07, 6.45) is 9.17. The maximum atomic E-state index is 12.7. The van der Waals surface area contributed by atoms with E-state index in [0.717, 1.165) is 24.3 Å². The summed E-state index contributed by atoms with van der Waals surface area (Å²) in [7, 11) is 0. The van der Waals surface area contributed by atoms with Crippen LogP contribution in [0.3, 0.4) is 0 Å². The van der Waals surface area contributed by atoms with E-state index in [4.69, 9.17) is 0 Å². The average Bonchev–Trinajstić information content (AvgIpc) is 2.98. The quantitative estimate of drug-likeness (QED) is 0.683. The molecule has 20 heavy (non-hydrogen) atoms. The third kappa shape index (κ3) is 1.58. The molecule has 104 valence electrons. The van der Waals surface area contributed by atoms with Gasteiger partial charge in [-0.25, -0.2) is 0 Å². The fraction of sp³-hybridized carbons (Fsp3) is 0.526. The molecule has 0 radical (unpaired) electrons. The number of Topliss-reactive ketones (excluding diaryl/α,β-unsaturated/α-hetero) is 1. The minimum absolute atomic E-state index is 0.245. The lowest BCUT2D eigenvalue weighted by molar-refractivity contribution is 0.0847. The van der Waals surface area contributed by atoms with Gasteiger partial charge in [0.15, 0.2) is 5.78 Å². The second-order valence-corrected chi connectivity index (χ2v) is 7.36. The van der Waals surface area contributed by atoms with Gasteiger partial charge in [0.25, 0.3) is 0 Å². The van der Waals surface area contributed by atoms with Gasteiger partial charge in [-0.3, -0.25) is 4.79 Å². The standard InChI is InChI=1S/C19H22O/c1-12(2)15-4-3-5-16-17(15)10-19(11-18(16)20)9-13-6-7-14(19)8-13/h3-7,12-14H,8-11H2,1-2H3. The minimum atomic E-state index is 0.245. The normalized spacial score (nSPS) is 34.2. The Labute approximate surface area is 121 Å². The van der Waals surface area contributed by atoms with E-state index in [9.17, 15) is 4.79 Å². The van der Waals surface area contributed by atoms with E-state index >= 15 is 0 Å². The molecule has 4 rings (SSSR count). The lowest BCUT2D eigenvalue weighted by atomic mass is 9.63. The van der Waals surface area contributed by atoms with Crippen LogP contribution in [-0.2, 0) is 6.42 Å². The number of benzene rings is 1. The molecule has 2 bridgehead atoms. The van der Waals surface area contributed by atoms with E-state index in [2.05, 4.69) is 38.1 Å². The Hall–Kier alpha value is -1.37. The third-order valence-corrected chi connectivity index (χ3v) is 5.80. The summed E-state index contributed by atoms with van der Waals surface area (Å²) in [4.78, 5) is 12.7. The summed E-state index contributed by atoms with van der Waals surface area (Å²) in [5.41, 5.74) is 4.00. The van der Waals surface area contributed by atoms with E-state index in [-0.39, 0.29) is 5.41 Å². The average molecular weight is 266 g/mol. The molecule has 1 heteroatoms. The first-order valence-electron chi connectivity index (χ1n) is 7.92. The van der Waals surface area contributed by atoms with Crippen molar-refractivity contribution in [2.75, 3.05) is 0 Å². The van der Waals surface area contributed by atoms with E-state index < -0.39 is 0 Å². The summed E-state index contributed by atoms with van der Waals surface area (Å²) < 4.78 is 0. The fourth-order valence-electron chi connectivity index (χ4n) is 4.89. The molecule has 3 atom stereocenters. The Morgan fingerprint density at radius 1 is 1.20 bits per heavy atom. The van der Waals surface area contributed by atoms with Crippen LogP contribution in [0.1, 0.15) is 60.5 Å². The molecule has 1 spiro atoms. The van der Waals surface area contributed by atoms with Gasteiger partial charge in [-0.1, -0.05) is 44.2 Å². The number of carbonyl (C=O) groups is 1. The van der Waals surface area contributed by atoms with Crippen molar-refractivity contribution in [3.63, 3.8) is 0 Å². The number of allylic oxidation sites excluding steroid dienone is 2. The Morgan fingerprint density at radius 3 is 2.70 bits per heavy atom. The zero-order valence-electron chi connectivity index (χ0n) is 12.4. The molecule has 0 aromatic heterocycles. The second-order valence-electron chi connectivity index (χ2n) is 7.36. The van der Waals surface area contributed by atoms with Crippen LogP contribution in [0.2, 0.25) is 0 Å². The molecule has 1 aromatic rings. The maximum absolute atomic E-state index is 12.7. The molecule has 3 aliphatic carbocycles. The number of hydrogen-bond donors (Lipinski definition) is 0. The van der Waals surface area contributed by atoms with Crippen LogP contribution in [0.4, 0.5) is 0 Å². The fourth-order valence-corrected chi connectivity index (χ4v) is 4.89. The molecular weight excluding hydrogens is 244 g/mol. The van der Waals surface area contributed by atoms with Gasteiger partial charge in [0.2, 0.25) is 0 Å². The van der Waals surface area contributed by atoms with Crippen LogP contribution < -0.4 is 0 Å². The Kier molecular flexibility index (Phi) is 2.52. The summed E-state index contributed by atoms with van der Waals surface area (Å²) in [5, 5.41) is 0. The zero-order valence-corrected chi connectivity index (χ0v) is 12.4. The SMILES string of the molecule is CC(C)c1cccc2c1CC1(CC2=O)CC2C=CC1C2. The first-order chi connectivity index (χ1) is 9.59. The van der Waals surface area contributed by atoms with Crippen molar-refractivity contribution >= 4 is 5.78 Å². The molecule has 3 unspecified atom stereocenters. The van der Waals surface area contributed by atoms with Crippen LogP contribution in [-0.4, -0.2) is 5.78 Å². The Balaban J connectivity index is 1.82. The molecule has 0 amide bonds. The topological polar surface area (TPSA) is 17.1 Å². The van der Waals surface area contributed by atoms with Crippen LogP contribution in [0.15, 0.2) is 30.4 Å². The summed E-state index contributed by atoms with van der Waals surface area (Å²) in [5.74, 6) is 2.27. The summed E-state index contributed by atoms with van der Waals surface area (Å²) >= 11 is 0. The highest BCUT2D eigenvalue weighted by atomic mass is 16.1.